The zero-order valence-corrected chi connectivity index (χ0v) is 14.2. The Bertz CT molecular complexity index is 677. The van der Waals surface area contributed by atoms with Crippen LogP contribution >= 0.6 is 0 Å². The van der Waals surface area contributed by atoms with E-state index in [-0.39, 0.29) is 0 Å². The average Bonchev–Trinajstić information content (AvgIpc) is 2.53. The summed E-state index contributed by atoms with van der Waals surface area (Å²) in [5, 5.41) is 3.13. The molecule has 5 heteroatoms. The number of anilines is 2. The maximum atomic E-state index is 5.98. The summed E-state index contributed by atoms with van der Waals surface area (Å²) in [7, 11) is 3.93. The van der Waals surface area contributed by atoms with Gasteiger partial charge in [-0.2, -0.15) is 0 Å². The molecule has 0 amide bonds. The molecule has 5 nitrogen and oxygen atoms in total. The predicted molar refractivity (Wildman–Crippen MR) is 98.0 cm³/mol. The number of nitrogens with zero attached hydrogens (tertiary/aromatic N) is 3. The number of benzene rings is 1. The Labute approximate surface area is 138 Å². The Morgan fingerprint density at radius 3 is 2.65 bits per heavy atom. The second-order valence-corrected chi connectivity index (χ2v) is 5.99. The van der Waals surface area contributed by atoms with E-state index in [1.54, 1.807) is 0 Å². The molecule has 2 aromatic rings. The quantitative estimate of drug-likeness (QED) is 0.657. The maximum absolute atomic E-state index is 5.98. The van der Waals surface area contributed by atoms with Gasteiger partial charge in [0.1, 0.15) is 5.82 Å². The minimum atomic E-state index is 0.392. The van der Waals surface area contributed by atoms with Crippen LogP contribution in [-0.4, -0.2) is 25.0 Å². The van der Waals surface area contributed by atoms with Crippen molar-refractivity contribution in [3.8, 4) is 0 Å². The Morgan fingerprint density at radius 2 is 1.96 bits per heavy atom. The van der Waals surface area contributed by atoms with Gasteiger partial charge in [-0.1, -0.05) is 32.0 Å². The van der Waals surface area contributed by atoms with Gasteiger partial charge in [0.2, 0.25) is 0 Å². The molecule has 0 unspecified atom stereocenters. The van der Waals surface area contributed by atoms with E-state index in [2.05, 4.69) is 41.3 Å². The van der Waals surface area contributed by atoms with Crippen LogP contribution in [0.25, 0.3) is 0 Å². The van der Waals surface area contributed by atoms with Crippen molar-refractivity contribution in [2.75, 3.05) is 24.3 Å². The third-order valence-electron chi connectivity index (χ3n) is 3.49. The first-order chi connectivity index (χ1) is 11.0. The Morgan fingerprint density at radius 1 is 1.22 bits per heavy atom. The zero-order valence-electron chi connectivity index (χ0n) is 14.2. The highest BCUT2D eigenvalue weighted by Crippen LogP contribution is 2.18. The van der Waals surface area contributed by atoms with E-state index in [4.69, 9.17) is 5.73 Å². The van der Waals surface area contributed by atoms with Gasteiger partial charge >= 0.3 is 0 Å². The van der Waals surface area contributed by atoms with Crippen LogP contribution < -0.4 is 16.0 Å². The van der Waals surface area contributed by atoms with Gasteiger partial charge in [0.05, 0.1) is 12.2 Å². The van der Waals surface area contributed by atoms with Gasteiger partial charge in [-0.15, -0.1) is 0 Å². The molecule has 0 aliphatic rings. The molecule has 0 saturated heterocycles. The highest BCUT2D eigenvalue weighted by Gasteiger charge is 2.02. The molecule has 23 heavy (non-hydrogen) atoms. The standard InChI is InChI=1S/C18H25N5/c1-13(2)14-7-5-8-15(11-14)22-18(19)20-12-16-9-6-10-17(21-16)23(3)4/h5-11,13H,12H2,1-4H3,(H3,19,20,22). The van der Waals surface area contributed by atoms with E-state index in [0.29, 0.717) is 18.4 Å². The molecule has 0 atom stereocenters. The van der Waals surface area contributed by atoms with E-state index in [1.165, 1.54) is 5.56 Å². The molecule has 0 aliphatic carbocycles. The minimum Gasteiger partial charge on any atom is -0.370 e. The number of hydrogen-bond acceptors (Lipinski definition) is 3. The molecule has 3 N–H and O–H groups in total. The molecule has 1 aromatic carbocycles. The fourth-order valence-electron chi connectivity index (χ4n) is 2.13. The fourth-order valence-corrected chi connectivity index (χ4v) is 2.13. The number of pyridine rings is 1. The molecule has 0 aliphatic heterocycles. The summed E-state index contributed by atoms with van der Waals surface area (Å²) in [4.78, 5) is 10.9. The van der Waals surface area contributed by atoms with E-state index in [1.807, 2.05) is 49.3 Å². The van der Waals surface area contributed by atoms with Crippen LogP contribution in [0.5, 0.6) is 0 Å². The van der Waals surface area contributed by atoms with Gasteiger partial charge in [-0.3, -0.25) is 0 Å². The molecule has 0 radical (unpaired) electrons. The molecule has 122 valence electrons. The smallest absolute Gasteiger partial charge is 0.193 e. The van der Waals surface area contributed by atoms with Crippen LogP contribution in [0, 0.1) is 0 Å². The second-order valence-electron chi connectivity index (χ2n) is 5.99. The normalized spacial score (nSPS) is 11.6. The van der Waals surface area contributed by atoms with Crippen molar-refractivity contribution in [1.82, 2.24) is 4.98 Å². The van der Waals surface area contributed by atoms with Gasteiger partial charge in [0.15, 0.2) is 5.96 Å². The summed E-state index contributed by atoms with van der Waals surface area (Å²) in [6.45, 7) is 4.78. The highest BCUT2D eigenvalue weighted by molar-refractivity contribution is 5.92. The van der Waals surface area contributed by atoms with Crippen LogP contribution in [0.4, 0.5) is 11.5 Å². The molecule has 2 rings (SSSR count). The number of aromatic nitrogens is 1. The second kappa shape index (κ2) is 7.63. The lowest BCUT2D eigenvalue weighted by Crippen LogP contribution is -2.22. The summed E-state index contributed by atoms with van der Waals surface area (Å²) in [5.74, 6) is 1.78. The number of hydrogen-bond donors (Lipinski definition) is 2. The van der Waals surface area contributed by atoms with Crippen molar-refractivity contribution < 1.29 is 0 Å². The van der Waals surface area contributed by atoms with Crippen molar-refractivity contribution in [2.24, 2.45) is 10.7 Å². The van der Waals surface area contributed by atoms with Crippen LogP contribution in [0.2, 0.25) is 0 Å². The van der Waals surface area contributed by atoms with Crippen molar-refractivity contribution in [3.05, 3.63) is 53.7 Å². The van der Waals surface area contributed by atoms with E-state index >= 15 is 0 Å². The number of rotatable bonds is 5. The van der Waals surface area contributed by atoms with Crippen LogP contribution in [0.15, 0.2) is 47.5 Å². The Kier molecular flexibility index (Phi) is 5.57. The van der Waals surface area contributed by atoms with Gasteiger partial charge < -0.3 is 16.0 Å². The summed E-state index contributed by atoms with van der Waals surface area (Å²) in [5.41, 5.74) is 9.08. The lowest BCUT2D eigenvalue weighted by molar-refractivity contribution is 0.867. The number of nitrogens with one attached hydrogen (secondary N) is 1. The van der Waals surface area contributed by atoms with Gasteiger partial charge in [0.25, 0.3) is 0 Å². The van der Waals surface area contributed by atoms with Crippen LogP contribution in [0.3, 0.4) is 0 Å². The molecular weight excluding hydrogens is 286 g/mol. The average molecular weight is 311 g/mol. The van der Waals surface area contributed by atoms with Gasteiger partial charge in [-0.25, -0.2) is 9.98 Å². The number of nitrogens with two attached hydrogens (primary N) is 1. The van der Waals surface area contributed by atoms with Crippen molar-refractivity contribution in [1.29, 1.82) is 0 Å². The number of guanidine groups is 1. The lowest BCUT2D eigenvalue weighted by atomic mass is 10.0. The summed E-state index contributed by atoms with van der Waals surface area (Å²) in [6.07, 6.45) is 0. The minimum absolute atomic E-state index is 0.392. The lowest BCUT2D eigenvalue weighted by Gasteiger charge is -2.12. The molecule has 0 saturated carbocycles. The first-order valence-corrected chi connectivity index (χ1v) is 7.76. The van der Waals surface area contributed by atoms with Crippen LogP contribution in [0.1, 0.15) is 31.0 Å². The summed E-state index contributed by atoms with van der Waals surface area (Å²) >= 11 is 0. The van der Waals surface area contributed by atoms with Crippen molar-refractivity contribution in [2.45, 2.75) is 26.3 Å². The van der Waals surface area contributed by atoms with Crippen molar-refractivity contribution >= 4 is 17.5 Å². The Balaban J connectivity index is 2.03. The molecular formula is C18H25N5. The maximum Gasteiger partial charge on any atom is 0.193 e. The topological polar surface area (TPSA) is 66.5 Å². The third kappa shape index (κ3) is 4.98. The molecule has 1 aromatic heterocycles. The molecule has 1 heterocycles. The highest BCUT2D eigenvalue weighted by atomic mass is 15.1. The molecule has 0 bridgehead atoms. The first kappa shape index (κ1) is 16.8. The Hall–Kier alpha value is -2.56. The third-order valence-corrected chi connectivity index (χ3v) is 3.49. The van der Waals surface area contributed by atoms with E-state index < -0.39 is 0 Å². The largest absolute Gasteiger partial charge is 0.370 e. The molecule has 0 fully saturated rings. The monoisotopic (exact) mass is 311 g/mol. The van der Waals surface area contributed by atoms with E-state index in [9.17, 15) is 0 Å². The first-order valence-electron chi connectivity index (χ1n) is 7.76. The summed E-state index contributed by atoms with van der Waals surface area (Å²) in [6, 6.07) is 14.1. The fraction of sp³-hybridized carbons (Fsp3) is 0.333. The zero-order chi connectivity index (χ0) is 16.8. The number of aliphatic imine (C=N–C) groups is 1. The van der Waals surface area contributed by atoms with E-state index in [0.717, 1.165) is 17.2 Å². The SMILES string of the molecule is CC(C)c1cccc(NC(N)=NCc2cccc(N(C)C)n2)c1. The van der Waals surface area contributed by atoms with Crippen molar-refractivity contribution in [3.63, 3.8) is 0 Å². The van der Waals surface area contributed by atoms with Crippen LogP contribution in [-0.2, 0) is 6.54 Å². The predicted octanol–water partition coefficient (Wildman–Crippen LogP) is 3.20. The summed E-state index contributed by atoms with van der Waals surface area (Å²) < 4.78 is 0. The van der Waals surface area contributed by atoms with Gasteiger partial charge in [0, 0.05) is 19.8 Å². The van der Waals surface area contributed by atoms with Gasteiger partial charge in [-0.05, 0) is 35.7 Å². The molecule has 0 spiro atoms.